The van der Waals surface area contributed by atoms with Crippen molar-refractivity contribution in [1.82, 2.24) is 9.97 Å². The summed E-state index contributed by atoms with van der Waals surface area (Å²) in [6.07, 6.45) is 9.19. The van der Waals surface area contributed by atoms with Gasteiger partial charge in [0.05, 0.1) is 11.9 Å². The SMILES string of the molecule is C[n+]1c(/C=C/c2cnccn2)sc2ccccc21. The van der Waals surface area contributed by atoms with Crippen molar-refractivity contribution in [3.8, 4) is 0 Å². The smallest absolute Gasteiger partial charge is 0.261 e. The van der Waals surface area contributed by atoms with E-state index < -0.39 is 0 Å². The topological polar surface area (TPSA) is 29.7 Å². The second-order valence-electron chi connectivity index (χ2n) is 3.93. The lowest BCUT2D eigenvalue weighted by Crippen LogP contribution is -2.28. The average molecular weight is 254 g/mol. The van der Waals surface area contributed by atoms with Crippen molar-refractivity contribution in [2.45, 2.75) is 0 Å². The van der Waals surface area contributed by atoms with Gasteiger partial charge in [0, 0.05) is 24.5 Å². The van der Waals surface area contributed by atoms with Crippen LogP contribution in [-0.4, -0.2) is 9.97 Å². The number of aryl methyl sites for hydroxylation is 1. The van der Waals surface area contributed by atoms with Crippen LogP contribution in [0.15, 0.2) is 42.9 Å². The molecule has 0 N–H and O–H groups in total. The Bertz CT molecular complexity index is 701. The highest BCUT2D eigenvalue weighted by atomic mass is 32.1. The van der Waals surface area contributed by atoms with Crippen LogP contribution in [0.25, 0.3) is 22.4 Å². The highest BCUT2D eigenvalue weighted by molar-refractivity contribution is 7.18. The van der Waals surface area contributed by atoms with Crippen molar-refractivity contribution in [3.05, 3.63) is 53.6 Å². The van der Waals surface area contributed by atoms with Crippen LogP contribution in [0.4, 0.5) is 0 Å². The normalized spacial score (nSPS) is 11.4. The van der Waals surface area contributed by atoms with E-state index in [1.54, 1.807) is 29.9 Å². The number of hydrogen-bond acceptors (Lipinski definition) is 3. The molecule has 0 radical (unpaired) electrons. The van der Waals surface area contributed by atoms with Gasteiger partial charge in [0.1, 0.15) is 11.7 Å². The van der Waals surface area contributed by atoms with Gasteiger partial charge in [-0.05, 0) is 12.1 Å². The van der Waals surface area contributed by atoms with Gasteiger partial charge in [0.2, 0.25) is 5.52 Å². The standard InChI is InChI=1S/C14H12N3S/c1-17-12-4-2-3-5-13(12)18-14(17)7-6-11-10-15-8-9-16-11/h2-10H,1H3/q+1. The van der Waals surface area contributed by atoms with Crippen LogP contribution in [-0.2, 0) is 7.05 Å². The zero-order valence-corrected chi connectivity index (χ0v) is 10.8. The van der Waals surface area contributed by atoms with E-state index in [9.17, 15) is 0 Å². The van der Waals surface area contributed by atoms with Crippen LogP contribution in [0.3, 0.4) is 0 Å². The third-order valence-electron chi connectivity index (χ3n) is 2.75. The first-order chi connectivity index (χ1) is 8.84. The lowest BCUT2D eigenvalue weighted by Gasteiger charge is -1.88. The molecule has 0 saturated carbocycles. The average Bonchev–Trinajstić information content (AvgIpc) is 2.75. The number of para-hydroxylation sites is 1. The summed E-state index contributed by atoms with van der Waals surface area (Å²) in [6.45, 7) is 0. The van der Waals surface area contributed by atoms with Crippen molar-refractivity contribution in [2.24, 2.45) is 7.05 Å². The van der Waals surface area contributed by atoms with Crippen molar-refractivity contribution in [3.63, 3.8) is 0 Å². The van der Waals surface area contributed by atoms with Crippen LogP contribution >= 0.6 is 11.3 Å². The maximum atomic E-state index is 4.22. The molecule has 2 heterocycles. The molecule has 3 nitrogen and oxygen atoms in total. The highest BCUT2D eigenvalue weighted by Gasteiger charge is 2.13. The van der Waals surface area contributed by atoms with Crippen LogP contribution < -0.4 is 4.57 Å². The van der Waals surface area contributed by atoms with Crippen molar-refractivity contribution in [2.75, 3.05) is 0 Å². The molecule has 2 aromatic heterocycles. The van der Waals surface area contributed by atoms with Crippen molar-refractivity contribution in [1.29, 1.82) is 0 Å². The van der Waals surface area contributed by atoms with E-state index in [0.717, 1.165) is 5.69 Å². The number of hydrogen-bond donors (Lipinski definition) is 0. The van der Waals surface area contributed by atoms with E-state index >= 15 is 0 Å². The summed E-state index contributed by atoms with van der Waals surface area (Å²) >= 11 is 1.77. The van der Waals surface area contributed by atoms with Gasteiger partial charge < -0.3 is 0 Å². The molecule has 88 valence electrons. The molecular weight excluding hydrogens is 242 g/mol. The van der Waals surface area contributed by atoms with E-state index in [1.165, 1.54) is 15.2 Å². The van der Waals surface area contributed by atoms with Crippen molar-refractivity contribution >= 4 is 33.7 Å². The number of rotatable bonds is 2. The van der Waals surface area contributed by atoms with Crippen molar-refractivity contribution < 1.29 is 4.57 Å². The third kappa shape index (κ3) is 2.02. The lowest BCUT2D eigenvalue weighted by atomic mass is 10.3. The molecule has 0 spiro atoms. The van der Waals surface area contributed by atoms with Gasteiger partial charge in [0.15, 0.2) is 0 Å². The van der Waals surface area contributed by atoms with Gasteiger partial charge in [-0.1, -0.05) is 23.5 Å². The Morgan fingerprint density at radius 3 is 2.83 bits per heavy atom. The van der Waals surface area contributed by atoms with E-state index in [2.05, 4.69) is 51.9 Å². The number of aromatic nitrogens is 3. The Morgan fingerprint density at radius 2 is 2.06 bits per heavy atom. The van der Waals surface area contributed by atoms with E-state index in [4.69, 9.17) is 0 Å². The minimum Gasteiger partial charge on any atom is -0.261 e. The quantitative estimate of drug-likeness (QED) is 0.658. The first-order valence-electron chi connectivity index (χ1n) is 5.66. The molecule has 0 fully saturated rings. The molecule has 4 heteroatoms. The van der Waals surface area contributed by atoms with E-state index in [0.29, 0.717) is 0 Å². The zero-order valence-electron chi connectivity index (χ0n) is 9.95. The molecule has 3 rings (SSSR count). The minimum atomic E-state index is 0.870. The summed E-state index contributed by atoms with van der Waals surface area (Å²) < 4.78 is 3.48. The molecule has 0 atom stereocenters. The third-order valence-corrected chi connectivity index (χ3v) is 3.94. The summed E-state index contributed by atoms with van der Waals surface area (Å²) in [6, 6.07) is 8.39. The predicted octanol–water partition coefficient (Wildman–Crippen LogP) is 2.69. The molecular formula is C14H12N3S+. The van der Waals surface area contributed by atoms with Gasteiger partial charge in [-0.15, -0.1) is 0 Å². The van der Waals surface area contributed by atoms with E-state index in [-0.39, 0.29) is 0 Å². The molecule has 0 amide bonds. The molecule has 0 saturated heterocycles. The van der Waals surface area contributed by atoms with Crippen LogP contribution in [0.2, 0.25) is 0 Å². The first kappa shape index (κ1) is 11.0. The Hall–Kier alpha value is -2.07. The number of nitrogens with zero attached hydrogens (tertiary/aromatic N) is 3. The highest BCUT2D eigenvalue weighted by Crippen LogP contribution is 2.20. The number of benzene rings is 1. The second kappa shape index (κ2) is 4.66. The fourth-order valence-electron chi connectivity index (χ4n) is 1.82. The number of thiazole rings is 1. The maximum absolute atomic E-state index is 4.22. The summed E-state index contributed by atoms with van der Waals surface area (Å²) in [5, 5.41) is 1.20. The Balaban J connectivity index is 2.00. The number of fused-ring (bicyclic) bond motifs is 1. The first-order valence-corrected chi connectivity index (χ1v) is 6.48. The van der Waals surface area contributed by atoms with Gasteiger partial charge in [-0.25, -0.2) is 0 Å². The van der Waals surface area contributed by atoms with Gasteiger partial charge in [-0.2, -0.15) is 4.57 Å². The predicted molar refractivity (Wildman–Crippen MR) is 74.0 cm³/mol. The lowest BCUT2D eigenvalue weighted by molar-refractivity contribution is -0.642. The zero-order chi connectivity index (χ0) is 12.4. The Morgan fingerprint density at radius 1 is 1.17 bits per heavy atom. The molecule has 18 heavy (non-hydrogen) atoms. The molecule has 3 aromatic rings. The van der Waals surface area contributed by atoms with E-state index in [1.807, 2.05) is 6.08 Å². The summed E-state index contributed by atoms with van der Waals surface area (Å²) in [7, 11) is 2.08. The Kier molecular flexibility index (Phi) is 2.86. The maximum Gasteiger partial charge on any atom is 0.262 e. The van der Waals surface area contributed by atoms with Crippen LogP contribution in [0.1, 0.15) is 10.7 Å². The van der Waals surface area contributed by atoms with Gasteiger partial charge in [-0.3, -0.25) is 9.97 Å². The molecule has 0 unspecified atom stereocenters. The molecule has 0 aliphatic carbocycles. The molecule has 1 aromatic carbocycles. The largest absolute Gasteiger partial charge is 0.262 e. The fraction of sp³-hybridized carbons (Fsp3) is 0.0714. The van der Waals surface area contributed by atoms with Gasteiger partial charge in [0.25, 0.3) is 5.01 Å². The minimum absolute atomic E-state index is 0.870. The molecule has 0 bridgehead atoms. The Labute approximate surface area is 109 Å². The summed E-state index contributed by atoms with van der Waals surface area (Å²) in [5.41, 5.74) is 2.12. The summed E-state index contributed by atoms with van der Waals surface area (Å²) in [4.78, 5) is 8.27. The van der Waals surface area contributed by atoms with Crippen LogP contribution in [0.5, 0.6) is 0 Å². The molecule has 0 aliphatic rings. The monoisotopic (exact) mass is 254 g/mol. The second-order valence-corrected chi connectivity index (χ2v) is 4.99. The van der Waals surface area contributed by atoms with Crippen LogP contribution in [0, 0.1) is 0 Å². The van der Waals surface area contributed by atoms with Gasteiger partial charge >= 0.3 is 0 Å². The fourth-order valence-corrected chi connectivity index (χ4v) is 2.87. The summed E-state index contributed by atoms with van der Waals surface area (Å²) in [5.74, 6) is 0. The molecule has 0 aliphatic heterocycles.